The largest absolute Gasteiger partial charge is 0.497 e. The molecule has 1 fully saturated rings. The van der Waals surface area contributed by atoms with Crippen molar-refractivity contribution in [3.05, 3.63) is 23.8 Å². The van der Waals surface area contributed by atoms with E-state index in [1.807, 2.05) is 18.2 Å². The Kier molecular flexibility index (Phi) is 7.52. The van der Waals surface area contributed by atoms with E-state index in [2.05, 4.69) is 10.6 Å². The number of carbonyl (C=O) groups is 1. The summed E-state index contributed by atoms with van der Waals surface area (Å²) in [6.45, 7) is 3.30. The van der Waals surface area contributed by atoms with Crippen LogP contribution in [0.2, 0.25) is 0 Å². The monoisotopic (exact) mass is 350 g/mol. The molecule has 0 radical (unpaired) electrons. The molecule has 0 saturated carbocycles. The van der Waals surface area contributed by atoms with Gasteiger partial charge < -0.3 is 24.8 Å². The van der Waals surface area contributed by atoms with Crippen LogP contribution in [-0.4, -0.2) is 53.5 Å². The molecule has 0 spiro atoms. The highest BCUT2D eigenvalue weighted by molar-refractivity contribution is 5.76. The van der Waals surface area contributed by atoms with Crippen molar-refractivity contribution < 1.29 is 19.0 Å². The summed E-state index contributed by atoms with van der Waals surface area (Å²) in [6.07, 6.45) is 3.14. The molecule has 6 nitrogen and oxygen atoms in total. The van der Waals surface area contributed by atoms with Crippen LogP contribution in [0.1, 0.15) is 24.8 Å². The van der Waals surface area contributed by atoms with Crippen molar-refractivity contribution in [2.75, 3.05) is 47.6 Å². The van der Waals surface area contributed by atoms with Gasteiger partial charge in [-0.3, -0.25) is 4.79 Å². The summed E-state index contributed by atoms with van der Waals surface area (Å²) in [6, 6.07) is 5.71. The third-order valence-corrected chi connectivity index (χ3v) is 4.83. The third-order valence-electron chi connectivity index (χ3n) is 4.83. The molecule has 1 aliphatic rings. The molecule has 0 unspecified atom stereocenters. The fraction of sp³-hybridized carbons (Fsp3) is 0.632. The molecule has 0 bridgehead atoms. The summed E-state index contributed by atoms with van der Waals surface area (Å²) in [5.74, 6) is 1.54. The van der Waals surface area contributed by atoms with E-state index in [1.54, 1.807) is 21.3 Å². The van der Waals surface area contributed by atoms with Gasteiger partial charge in [0.15, 0.2) is 0 Å². The fourth-order valence-corrected chi connectivity index (χ4v) is 3.28. The zero-order chi connectivity index (χ0) is 18.1. The van der Waals surface area contributed by atoms with Gasteiger partial charge in [0, 0.05) is 31.6 Å². The van der Waals surface area contributed by atoms with E-state index in [4.69, 9.17) is 14.2 Å². The number of piperidine rings is 1. The van der Waals surface area contributed by atoms with Gasteiger partial charge in [0.05, 0.1) is 20.8 Å². The molecule has 0 atom stereocenters. The molecule has 140 valence electrons. The van der Waals surface area contributed by atoms with Crippen LogP contribution in [0, 0.1) is 5.41 Å². The Morgan fingerprint density at radius 3 is 2.32 bits per heavy atom. The van der Waals surface area contributed by atoms with Crippen LogP contribution < -0.4 is 20.1 Å². The second-order valence-electron chi connectivity index (χ2n) is 6.68. The van der Waals surface area contributed by atoms with Crippen LogP contribution >= 0.6 is 0 Å². The van der Waals surface area contributed by atoms with Crippen LogP contribution in [-0.2, 0) is 16.0 Å². The van der Waals surface area contributed by atoms with Gasteiger partial charge in [-0.25, -0.2) is 0 Å². The number of benzene rings is 1. The number of amides is 1. The molecular formula is C19H30N2O4. The predicted octanol–water partition coefficient (Wildman–Crippen LogP) is 1.77. The average Bonchev–Trinajstić information content (AvgIpc) is 2.65. The van der Waals surface area contributed by atoms with E-state index in [0.717, 1.165) is 43.0 Å². The first-order valence-corrected chi connectivity index (χ1v) is 8.79. The standard InChI is InChI=1S/C19H30N2O4/c1-23-14-19(6-8-20-9-7-19)13-21-18(22)5-4-15-10-16(24-2)12-17(11-15)25-3/h10-12,20H,4-9,13-14H2,1-3H3,(H,21,22). The van der Waals surface area contributed by atoms with Crippen molar-refractivity contribution in [3.63, 3.8) is 0 Å². The minimum Gasteiger partial charge on any atom is -0.497 e. The second kappa shape index (κ2) is 9.63. The van der Waals surface area contributed by atoms with E-state index in [-0.39, 0.29) is 11.3 Å². The lowest BCUT2D eigenvalue weighted by Crippen LogP contribution is -2.47. The highest BCUT2D eigenvalue weighted by Gasteiger charge is 2.32. The number of carbonyl (C=O) groups excluding carboxylic acids is 1. The van der Waals surface area contributed by atoms with Gasteiger partial charge in [-0.15, -0.1) is 0 Å². The molecule has 1 saturated heterocycles. The Bertz CT molecular complexity index is 529. The Hall–Kier alpha value is -1.79. The lowest BCUT2D eigenvalue weighted by Gasteiger charge is -2.37. The van der Waals surface area contributed by atoms with Crippen molar-refractivity contribution in [2.24, 2.45) is 5.41 Å². The molecular weight excluding hydrogens is 320 g/mol. The first-order valence-electron chi connectivity index (χ1n) is 8.79. The van der Waals surface area contributed by atoms with Crippen molar-refractivity contribution >= 4 is 5.91 Å². The predicted molar refractivity (Wildman–Crippen MR) is 97.3 cm³/mol. The van der Waals surface area contributed by atoms with E-state index >= 15 is 0 Å². The van der Waals surface area contributed by atoms with E-state index in [9.17, 15) is 4.79 Å². The van der Waals surface area contributed by atoms with Gasteiger partial charge in [-0.2, -0.15) is 0 Å². The minimum atomic E-state index is 0.0504. The molecule has 1 heterocycles. The third kappa shape index (κ3) is 5.90. The molecule has 1 aliphatic heterocycles. The van der Waals surface area contributed by atoms with Crippen LogP contribution in [0.25, 0.3) is 0 Å². The Labute approximate surface area is 150 Å². The second-order valence-corrected chi connectivity index (χ2v) is 6.68. The van der Waals surface area contributed by atoms with Gasteiger partial charge in [0.25, 0.3) is 0 Å². The average molecular weight is 350 g/mol. The Morgan fingerprint density at radius 2 is 1.76 bits per heavy atom. The smallest absolute Gasteiger partial charge is 0.220 e. The number of ether oxygens (including phenoxy) is 3. The fourth-order valence-electron chi connectivity index (χ4n) is 3.28. The maximum absolute atomic E-state index is 12.3. The van der Waals surface area contributed by atoms with Crippen molar-refractivity contribution in [1.29, 1.82) is 0 Å². The summed E-state index contributed by atoms with van der Waals surface area (Å²) in [7, 11) is 4.97. The molecule has 1 aromatic rings. The highest BCUT2D eigenvalue weighted by Crippen LogP contribution is 2.28. The molecule has 1 aromatic carbocycles. The van der Waals surface area contributed by atoms with Crippen molar-refractivity contribution in [3.8, 4) is 11.5 Å². The van der Waals surface area contributed by atoms with Crippen LogP contribution in [0.4, 0.5) is 0 Å². The van der Waals surface area contributed by atoms with Gasteiger partial charge in [0.2, 0.25) is 5.91 Å². The maximum Gasteiger partial charge on any atom is 0.220 e. The van der Waals surface area contributed by atoms with Crippen LogP contribution in [0.5, 0.6) is 11.5 Å². The van der Waals surface area contributed by atoms with Crippen molar-refractivity contribution in [1.82, 2.24) is 10.6 Å². The number of hydrogen-bond donors (Lipinski definition) is 2. The molecule has 1 amide bonds. The Balaban J connectivity index is 1.85. The number of methoxy groups -OCH3 is 3. The summed E-state index contributed by atoms with van der Waals surface area (Å²) in [5, 5.41) is 6.46. The molecule has 0 aliphatic carbocycles. The summed E-state index contributed by atoms with van der Waals surface area (Å²) < 4.78 is 15.9. The Morgan fingerprint density at radius 1 is 1.12 bits per heavy atom. The maximum atomic E-state index is 12.3. The van der Waals surface area contributed by atoms with E-state index < -0.39 is 0 Å². The quantitative estimate of drug-likeness (QED) is 0.710. The zero-order valence-corrected chi connectivity index (χ0v) is 15.5. The summed E-state index contributed by atoms with van der Waals surface area (Å²) in [4.78, 5) is 12.3. The summed E-state index contributed by atoms with van der Waals surface area (Å²) in [5.41, 5.74) is 1.08. The first kappa shape index (κ1) is 19.5. The SMILES string of the molecule is COCC1(CNC(=O)CCc2cc(OC)cc(OC)c2)CCNCC1. The molecule has 2 N–H and O–H groups in total. The van der Waals surface area contributed by atoms with Crippen LogP contribution in [0.3, 0.4) is 0 Å². The normalized spacial score (nSPS) is 16.3. The lowest BCUT2D eigenvalue weighted by molar-refractivity contribution is -0.122. The van der Waals surface area contributed by atoms with E-state index in [0.29, 0.717) is 26.0 Å². The molecule has 2 rings (SSSR count). The molecule has 25 heavy (non-hydrogen) atoms. The lowest BCUT2D eigenvalue weighted by atomic mass is 9.79. The number of hydrogen-bond acceptors (Lipinski definition) is 5. The zero-order valence-electron chi connectivity index (χ0n) is 15.5. The first-order chi connectivity index (χ1) is 12.1. The minimum absolute atomic E-state index is 0.0504. The van der Waals surface area contributed by atoms with Crippen LogP contribution in [0.15, 0.2) is 18.2 Å². The molecule has 0 aromatic heterocycles. The number of aryl methyl sites for hydroxylation is 1. The van der Waals surface area contributed by atoms with Gasteiger partial charge in [-0.1, -0.05) is 0 Å². The van der Waals surface area contributed by atoms with Gasteiger partial charge in [-0.05, 0) is 50.0 Å². The highest BCUT2D eigenvalue weighted by atomic mass is 16.5. The molecule has 6 heteroatoms. The number of rotatable bonds is 9. The topological polar surface area (TPSA) is 68.8 Å². The summed E-state index contributed by atoms with van der Waals surface area (Å²) >= 11 is 0. The number of nitrogens with one attached hydrogen (secondary N) is 2. The van der Waals surface area contributed by atoms with Gasteiger partial charge in [0.1, 0.15) is 11.5 Å². The van der Waals surface area contributed by atoms with Crippen molar-refractivity contribution in [2.45, 2.75) is 25.7 Å². The van der Waals surface area contributed by atoms with E-state index in [1.165, 1.54) is 0 Å². The van der Waals surface area contributed by atoms with Gasteiger partial charge >= 0.3 is 0 Å².